The van der Waals surface area contributed by atoms with Crippen molar-refractivity contribution < 1.29 is 50.2 Å². The molecule has 3 atom stereocenters. The number of nitrogens with zero attached hydrogens (tertiary/aromatic N) is 2. The number of hydrogen-bond acceptors (Lipinski definition) is 5. The average Bonchev–Trinajstić information content (AvgIpc) is 2.95. The minimum atomic E-state index is -4.73. The number of carbonyl (C=O) groups is 2. The third-order valence-electron chi connectivity index (χ3n) is 7.14. The second kappa shape index (κ2) is 14.7. The first-order chi connectivity index (χ1) is 21.3. The highest BCUT2D eigenvalue weighted by Gasteiger charge is 2.35. The summed E-state index contributed by atoms with van der Waals surface area (Å²) in [5.41, 5.74) is 0.608. The monoisotopic (exact) mass is 642 g/mol. The Labute approximate surface area is 253 Å². The molecule has 1 aliphatic rings. The van der Waals surface area contributed by atoms with Crippen LogP contribution >= 0.6 is 0 Å². The first-order valence-electron chi connectivity index (χ1n) is 13.8. The summed E-state index contributed by atoms with van der Waals surface area (Å²) in [6.45, 7) is -1.82. The number of ether oxygens (including phenoxy) is 1. The Balaban J connectivity index is 1.44. The molecular weight excluding hydrogens is 613 g/mol. The molecule has 1 fully saturated rings. The van der Waals surface area contributed by atoms with Gasteiger partial charge in [-0.1, -0.05) is 12.1 Å². The van der Waals surface area contributed by atoms with Gasteiger partial charge in [0.1, 0.15) is 29.8 Å². The van der Waals surface area contributed by atoms with E-state index in [1.807, 2.05) is 0 Å². The molecule has 0 radical (unpaired) electrons. The molecule has 0 saturated carbocycles. The summed E-state index contributed by atoms with van der Waals surface area (Å²) >= 11 is 0. The van der Waals surface area contributed by atoms with Gasteiger partial charge in [-0.15, -0.1) is 0 Å². The van der Waals surface area contributed by atoms with Crippen molar-refractivity contribution in [3.63, 3.8) is 0 Å². The summed E-state index contributed by atoms with van der Waals surface area (Å²) in [5.74, 6) is -4.58. The fourth-order valence-electron chi connectivity index (χ4n) is 5.14. The number of pyridine rings is 1. The van der Waals surface area contributed by atoms with Gasteiger partial charge in [0, 0.05) is 37.1 Å². The van der Waals surface area contributed by atoms with E-state index in [1.54, 1.807) is 0 Å². The Morgan fingerprint density at radius 3 is 2.29 bits per heavy atom. The van der Waals surface area contributed by atoms with Crippen LogP contribution in [-0.4, -0.2) is 71.6 Å². The van der Waals surface area contributed by atoms with E-state index >= 15 is 0 Å². The molecule has 2 heterocycles. The first kappa shape index (κ1) is 33.6. The number of morpholine rings is 1. The third-order valence-corrected chi connectivity index (χ3v) is 7.14. The fourth-order valence-corrected chi connectivity index (χ4v) is 5.14. The van der Waals surface area contributed by atoms with Crippen molar-refractivity contribution in [1.29, 1.82) is 0 Å². The summed E-state index contributed by atoms with van der Waals surface area (Å²) in [7, 11) is 0. The normalized spacial score (nSPS) is 17.5. The predicted molar refractivity (Wildman–Crippen MR) is 148 cm³/mol. The summed E-state index contributed by atoms with van der Waals surface area (Å²) < 4.78 is 101. The van der Waals surface area contributed by atoms with Crippen LogP contribution in [0.25, 0.3) is 0 Å². The zero-order chi connectivity index (χ0) is 32.7. The van der Waals surface area contributed by atoms with Crippen LogP contribution in [0.4, 0.5) is 41.2 Å². The lowest BCUT2D eigenvalue weighted by molar-refractivity contribution is -0.147. The molecule has 2 aromatic carbocycles. The molecule has 4 rings (SSSR count). The van der Waals surface area contributed by atoms with E-state index in [0.717, 1.165) is 30.5 Å². The Bertz CT molecular complexity index is 1470. The van der Waals surface area contributed by atoms with Crippen molar-refractivity contribution in [2.24, 2.45) is 0 Å². The number of halogens is 7. The minimum absolute atomic E-state index is 0.00469. The molecule has 45 heavy (non-hydrogen) atoms. The topological polar surface area (TPSA) is 104 Å². The molecule has 2 amide bonds. The van der Waals surface area contributed by atoms with Crippen molar-refractivity contribution in [3.8, 4) is 0 Å². The van der Waals surface area contributed by atoms with Crippen LogP contribution in [0.15, 0.2) is 54.9 Å². The van der Waals surface area contributed by atoms with Gasteiger partial charge < -0.3 is 20.5 Å². The van der Waals surface area contributed by atoms with Crippen LogP contribution < -0.4 is 10.6 Å². The van der Waals surface area contributed by atoms with Gasteiger partial charge in [0.2, 0.25) is 5.91 Å². The summed E-state index contributed by atoms with van der Waals surface area (Å²) in [4.78, 5) is 28.5. The highest BCUT2D eigenvalue weighted by molar-refractivity contribution is 5.92. The van der Waals surface area contributed by atoms with E-state index in [1.165, 1.54) is 18.3 Å². The van der Waals surface area contributed by atoms with Crippen molar-refractivity contribution in [3.05, 3.63) is 94.8 Å². The second-order valence-corrected chi connectivity index (χ2v) is 10.6. The molecule has 242 valence electrons. The van der Waals surface area contributed by atoms with Crippen LogP contribution in [0.3, 0.4) is 0 Å². The molecule has 1 aromatic heterocycles. The van der Waals surface area contributed by atoms with Gasteiger partial charge in [0.25, 0.3) is 0 Å². The zero-order valence-electron chi connectivity index (χ0n) is 23.6. The summed E-state index contributed by atoms with van der Waals surface area (Å²) in [5, 5.41) is 14.7. The number of benzene rings is 2. The number of nitrogens with one attached hydrogen (secondary N) is 2. The molecule has 3 aromatic rings. The summed E-state index contributed by atoms with van der Waals surface area (Å²) in [6, 6.07) is 7.85. The van der Waals surface area contributed by atoms with Crippen LogP contribution in [0, 0.1) is 23.3 Å². The summed E-state index contributed by atoms with van der Waals surface area (Å²) in [6.07, 6.45) is -6.02. The van der Waals surface area contributed by atoms with E-state index in [-0.39, 0.29) is 54.1 Å². The maximum Gasteiger partial charge on any atom is 0.407 e. The lowest BCUT2D eigenvalue weighted by atomic mass is 9.88. The first-order valence-corrected chi connectivity index (χ1v) is 13.8. The molecule has 1 unspecified atom stereocenters. The standard InChI is InChI=1S/C30H29F7N4O4/c31-19-3-1-17(2-4-19)25(18-7-20(32)9-21(33)8-18)10-28(42)40-27-14-39-13-26(34)24(27)6-5-22-11-38-12-23(45-22)15-41(29(43)44)16-30(35,36)37/h1-4,7-9,13-14,22-23,25,38H,5-6,10-12,15-16H2,(H,40,42)(H,43,44)/t22-,23+,25?/m1/s1. The predicted octanol–water partition coefficient (Wildman–Crippen LogP) is 5.63. The Morgan fingerprint density at radius 1 is 0.978 bits per heavy atom. The second-order valence-electron chi connectivity index (χ2n) is 10.6. The van der Waals surface area contributed by atoms with E-state index in [2.05, 4.69) is 15.6 Å². The SMILES string of the molecule is O=C(CC(c1ccc(F)cc1)c1cc(F)cc(F)c1)Nc1cncc(F)c1CC[C@@H]1CNC[C@@H](CN(CC(F)(F)F)C(=O)O)O1. The number of hydrogen-bond donors (Lipinski definition) is 3. The van der Waals surface area contributed by atoms with Gasteiger partial charge in [-0.3, -0.25) is 14.7 Å². The molecular formula is C30H29F7N4O4. The molecule has 0 aliphatic carbocycles. The quantitative estimate of drug-likeness (QED) is 0.235. The molecule has 1 aliphatic heterocycles. The van der Waals surface area contributed by atoms with Gasteiger partial charge in [-0.2, -0.15) is 13.2 Å². The molecule has 1 saturated heterocycles. The van der Waals surface area contributed by atoms with Gasteiger partial charge in [0.05, 0.1) is 36.8 Å². The van der Waals surface area contributed by atoms with E-state index in [4.69, 9.17) is 9.84 Å². The van der Waals surface area contributed by atoms with Crippen molar-refractivity contribution in [2.75, 3.05) is 31.5 Å². The van der Waals surface area contributed by atoms with Gasteiger partial charge >= 0.3 is 12.3 Å². The van der Waals surface area contributed by atoms with E-state index < -0.39 is 72.7 Å². The fraction of sp³-hybridized carbons (Fsp3) is 0.367. The van der Waals surface area contributed by atoms with E-state index in [9.17, 15) is 40.3 Å². The third kappa shape index (κ3) is 9.88. The number of anilines is 1. The van der Waals surface area contributed by atoms with Crippen LogP contribution in [-0.2, 0) is 16.0 Å². The number of carboxylic acid groups (broad SMARTS) is 1. The maximum absolute atomic E-state index is 14.9. The zero-order valence-corrected chi connectivity index (χ0v) is 23.6. The average molecular weight is 643 g/mol. The Kier molecular flexibility index (Phi) is 11.0. The smallest absolute Gasteiger partial charge is 0.407 e. The number of alkyl halides is 3. The Morgan fingerprint density at radius 2 is 1.64 bits per heavy atom. The van der Waals surface area contributed by atoms with Crippen LogP contribution in [0.5, 0.6) is 0 Å². The number of carbonyl (C=O) groups excluding carboxylic acids is 1. The molecule has 0 spiro atoms. The van der Waals surface area contributed by atoms with Gasteiger partial charge in [-0.25, -0.2) is 22.4 Å². The number of amides is 2. The van der Waals surface area contributed by atoms with Gasteiger partial charge in [-0.05, 0) is 48.2 Å². The lowest BCUT2D eigenvalue weighted by Gasteiger charge is -2.34. The number of rotatable bonds is 11. The largest absolute Gasteiger partial charge is 0.465 e. The van der Waals surface area contributed by atoms with Crippen molar-refractivity contribution in [2.45, 2.75) is 43.6 Å². The highest BCUT2D eigenvalue weighted by Crippen LogP contribution is 2.31. The molecule has 15 heteroatoms. The van der Waals surface area contributed by atoms with Crippen LogP contribution in [0.1, 0.15) is 35.4 Å². The van der Waals surface area contributed by atoms with Gasteiger partial charge in [0.15, 0.2) is 0 Å². The van der Waals surface area contributed by atoms with Crippen LogP contribution in [0.2, 0.25) is 0 Å². The molecule has 3 N–H and O–H groups in total. The van der Waals surface area contributed by atoms with Crippen molar-refractivity contribution >= 4 is 17.7 Å². The van der Waals surface area contributed by atoms with E-state index in [0.29, 0.717) is 11.6 Å². The number of aromatic nitrogens is 1. The molecule has 0 bridgehead atoms. The maximum atomic E-state index is 14.9. The Hall–Kier alpha value is -4.24. The highest BCUT2D eigenvalue weighted by atomic mass is 19.4. The lowest BCUT2D eigenvalue weighted by Crippen LogP contribution is -2.51. The minimum Gasteiger partial charge on any atom is -0.465 e. The van der Waals surface area contributed by atoms with Crippen molar-refractivity contribution in [1.82, 2.24) is 15.2 Å². The molecule has 8 nitrogen and oxygen atoms in total.